The molecule has 146 valence electrons. The van der Waals surface area contributed by atoms with Gasteiger partial charge in [0.05, 0.1) is 0 Å². The van der Waals surface area contributed by atoms with Crippen molar-refractivity contribution < 1.29 is 0 Å². The summed E-state index contributed by atoms with van der Waals surface area (Å²) >= 11 is 1.73. The molecule has 0 radical (unpaired) electrons. The molecule has 0 aliphatic carbocycles. The van der Waals surface area contributed by atoms with Crippen molar-refractivity contribution in [2.75, 3.05) is 0 Å². The first-order valence-electron chi connectivity index (χ1n) is 9.99. The van der Waals surface area contributed by atoms with Gasteiger partial charge in [-0.2, -0.15) is 0 Å². The minimum absolute atomic E-state index is 0.758. The quantitative estimate of drug-likeness (QED) is 0.356. The number of rotatable bonds is 7. The average molecular weight is 400 g/mol. The maximum atomic E-state index is 4.55. The zero-order chi connectivity index (χ0) is 20.1. The molecule has 4 aromatic rings. The van der Waals surface area contributed by atoms with Crippen LogP contribution in [0.5, 0.6) is 0 Å². The second-order valence-electron chi connectivity index (χ2n) is 7.19. The molecule has 0 aliphatic rings. The Balaban J connectivity index is 1.66. The molecule has 1 heterocycles. The number of hydrogen-bond donors (Lipinski definition) is 0. The molecule has 0 aliphatic heterocycles. The largest absolute Gasteiger partial charge is 0.274 e. The lowest BCUT2D eigenvalue weighted by atomic mass is 10.1. The molecule has 4 heteroatoms. The smallest absolute Gasteiger partial charge is 0.196 e. The van der Waals surface area contributed by atoms with Gasteiger partial charge in [-0.25, -0.2) is 0 Å². The van der Waals surface area contributed by atoms with Gasteiger partial charge in [0.25, 0.3) is 0 Å². The Morgan fingerprint density at radius 3 is 2.28 bits per heavy atom. The lowest BCUT2D eigenvalue weighted by molar-refractivity contribution is 0.846. The van der Waals surface area contributed by atoms with Crippen LogP contribution in [0.15, 0.2) is 84.0 Å². The summed E-state index contributed by atoms with van der Waals surface area (Å²) in [6.07, 6.45) is 1.79. The average Bonchev–Trinajstić information content (AvgIpc) is 3.15. The molecule has 0 unspecified atom stereocenters. The van der Waals surface area contributed by atoms with Crippen molar-refractivity contribution in [1.82, 2.24) is 14.8 Å². The van der Waals surface area contributed by atoms with Crippen LogP contribution >= 0.6 is 11.8 Å². The molecular formula is C25H25N3S. The standard InChI is InChI=1S/C25H25N3S/c1-3-20-12-14-23(15-13-20)28-24(17-21-9-5-4-6-10-21)26-27-25(28)29-18-22-11-7-8-19(2)16-22/h4-16H,3,17-18H2,1-2H3. The number of nitrogens with zero attached hydrogens (tertiary/aromatic N) is 3. The van der Waals surface area contributed by atoms with Crippen LogP contribution in [0.25, 0.3) is 5.69 Å². The molecular weight excluding hydrogens is 374 g/mol. The second kappa shape index (κ2) is 9.10. The number of aryl methyl sites for hydroxylation is 2. The molecule has 0 bridgehead atoms. The van der Waals surface area contributed by atoms with Gasteiger partial charge in [-0.15, -0.1) is 10.2 Å². The number of benzene rings is 3. The van der Waals surface area contributed by atoms with Gasteiger partial charge in [-0.1, -0.05) is 91.0 Å². The third-order valence-corrected chi connectivity index (χ3v) is 5.96. The van der Waals surface area contributed by atoms with Crippen molar-refractivity contribution in [2.45, 2.75) is 37.6 Å². The van der Waals surface area contributed by atoms with Crippen LogP contribution in [0.4, 0.5) is 0 Å². The highest BCUT2D eigenvalue weighted by atomic mass is 32.2. The van der Waals surface area contributed by atoms with Crippen LogP contribution < -0.4 is 0 Å². The maximum absolute atomic E-state index is 4.55. The Labute approximate surface area is 176 Å². The highest BCUT2D eigenvalue weighted by Gasteiger charge is 2.15. The van der Waals surface area contributed by atoms with Crippen molar-refractivity contribution in [3.05, 3.63) is 107 Å². The van der Waals surface area contributed by atoms with E-state index < -0.39 is 0 Å². The molecule has 0 atom stereocenters. The highest BCUT2D eigenvalue weighted by Crippen LogP contribution is 2.27. The maximum Gasteiger partial charge on any atom is 0.196 e. The van der Waals surface area contributed by atoms with E-state index in [0.29, 0.717) is 0 Å². The van der Waals surface area contributed by atoms with Crippen LogP contribution in [0, 0.1) is 6.92 Å². The van der Waals surface area contributed by atoms with E-state index in [9.17, 15) is 0 Å². The molecule has 1 aromatic heterocycles. The molecule has 0 N–H and O–H groups in total. The first-order valence-corrected chi connectivity index (χ1v) is 11.0. The van der Waals surface area contributed by atoms with E-state index in [0.717, 1.165) is 35.3 Å². The molecule has 0 spiro atoms. The molecule has 0 saturated carbocycles. The molecule has 29 heavy (non-hydrogen) atoms. The predicted octanol–water partition coefficient (Wildman–Crippen LogP) is 6.02. The lowest BCUT2D eigenvalue weighted by Gasteiger charge is -2.11. The summed E-state index contributed by atoms with van der Waals surface area (Å²) in [5.74, 6) is 1.84. The normalized spacial score (nSPS) is 11.0. The summed E-state index contributed by atoms with van der Waals surface area (Å²) in [6, 6.07) is 27.8. The monoisotopic (exact) mass is 399 g/mol. The Bertz CT molecular complexity index is 1070. The zero-order valence-corrected chi connectivity index (χ0v) is 17.7. The number of thioether (sulfide) groups is 1. The van der Waals surface area contributed by atoms with Gasteiger partial charge in [0.2, 0.25) is 0 Å². The SMILES string of the molecule is CCc1ccc(-n2c(Cc3ccccc3)nnc2SCc2cccc(C)c2)cc1. The van der Waals surface area contributed by atoms with Crippen molar-refractivity contribution in [1.29, 1.82) is 0 Å². The van der Waals surface area contributed by atoms with E-state index in [4.69, 9.17) is 0 Å². The van der Waals surface area contributed by atoms with Gasteiger partial charge in [0.15, 0.2) is 5.16 Å². The van der Waals surface area contributed by atoms with Crippen LogP contribution in [0.3, 0.4) is 0 Å². The third kappa shape index (κ3) is 4.77. The summed E-state index contributed by atoms with van der Waals surface area (Å²) < 4.78 is 2.20. The molecule has 3 aromatic carbocycles. The van der Waals surface area contributed by atoms with Gasteiger partial charge in [0.1, 0.15) is 5.82 Å². The summed E-state index contributed by atoms with van der Waals surface area (Å²) in [4.78, 5) is 0. The first kappa shape index (κ1) is 19.5. The van der Waals surface area contributed by atoms with E-state index in [1.54, 1.807) is 11.8 Å². The third-order valence-electron chi connectivity index (χ3n) is 4.96. The van der Waals surface area contributed by atoms with Gasteiger partial charge in [-0.05, 0) is 42.2 Å². The predicted molar refractivity (Wildman–Crippen MR) is 121 cm³/mol. The highest BCUT2D eigenvalue weighted by molar-refractivity contribution is 7.98. The van der Waals surface area contributed by atoms with Crippen molar-refractivity contribution in [3.8, 4) is 5.69 Å². The van der Waals surface area contributed by atoms with E-state index >= 15 is 0 Å². The summed E-state index contributed by atoms with van der Waals surface area (Å²) in [5.41, 5.74) is 6.27. The van der Waals surface area contributed by atoms with Crippen LogP contribution in [0.2, 0.25) is 0 Å². The number of aromatic nitrogens is 3. The van der Waals surface area contributed by atoms with E-state index in [-0.39, 0.29) is 0 Å². The minimum atomic E-state index is 0.758. The lowest BCUT2D eigenvalue weighted by Crippen LogP contribution is -2.04. The summed E-state index contributed by atoms with van der Waals surface area (Å²) in [6.45, 7) is 4.31. The Kier molecular flexibility index (Phi) is 6.11. The minimum Gasteiger partial charge on any atom is -0.274 e. The van der Waals surface area contributed by atoms with Crippen LogP contribution in [-0.2, 0) is 18.6 Å². The van der Waals surface area contributed by atoms with Gasteiger partial charge < -0.3 is 0 Å². The molecule has 0 fully saturated rings. The van der Waals surface area contributed by atoms with Crippen molar-refractivity contribution in [3.63, 3.8) is 0 Å². The first-order chi connectivity index (χ1) is 14.2. The molecule has 0 amide bonds. The zero-order valence-electron chi connectivity index (χ0n) is 16.9. The van der Waals surface area contributed by atoms with Crippen LogP contribution in [-0.4, -0.2) is 14.8 Å². The molecule has 0 saturated heterocycles. The van der Waals surface area contributed by atoms with Gasteiger partial charge in [0, 0.05) is 17.9 Å². The molecule has 3 nitrogen and oxygen atoms in total. The Morgan fingerprint density at radius 1 is 0.793 bits per heavy atom. The summed E-state index contributed by atoms with van der Waals surface area (Å²) in [5, 5.41) is 10.0. The van der Waals surface area contributed by atoms with Gasteiger partial charge in [-0.3, -0.25) is 4.57 Å². The second-order valence-corrected chi connectivity index (χ2v) is 8.14. The van der Waals surface area contributed by atoms with E-state index in [1.165, 1.54) is 22.3 Å². The fourth-order valence-corrected chi connectivity index (χ4v) is 4.29. The Morgan fingerprint density at radius 2 is 1.55 bits per heavy atom. The summed E-state index contributed by atoms with van der Waals surface area (Å²) in [7, 11) is 0. The van der Waals surface area contributed by atoms with E-state index in [1.807, 2.05) is 6.07 Å². The topological polar surface area (TPSA) is 30.7 Å². The Hall–Kier alpha value is -2.85. The van der Waals surface area contributed by atoms with E-state index in [2.05, 4.69) is 101 Å². The van der Waals surface area contributed by atoms with Gasteiger partial charge >= 0.3 is 0 Å². The van der Waals surface area contributed by atoms with Crippen molar-refractivity contribution >= 4 is 11.8 Å². The van der Waals surface area contributed by atoms with Crippen LogP contribution in [0.1, 0.15) is 35.0 Å². The van der Waals surface area contributed by atoms with Crippen molar-refractivity contribution in [2.24, 2.45) is 0 Å². The number of hydrogen-bond acceptors (Lipinski definition) is 3. The fourth-order valence-electron chi connectivity index (χ4n) is 3.38. The fraction of sp³-hybridized carbons (Fsp3) is 0.200. The molecule has 4 rings (SSSR count).